The van der Waals surface area contributed by atoms with Crippen molar-refractivity contribution in [3.8, 4) is 0 Å². The average molecular weight is 257 g/mol. The van der Waals surface area contributed by atoms with Crippen LogP contribution < -0.4 is 16.8 Å². The maximum Gasteiger partial charge on any atom is 0.249 e. The van der Waals surface area contributed by atoms with Crippen molar-refractivity contribution in [2.75, 3.05) is 6.54 Å². The van der Waals surface area contributed by atoms with Gasteiger partial charge in [0.2, 0.25) is 11.8 Å². The first-order valence-electron chi connectivity index (χ1n) is 6.21. The normalized spacial score (nSPS) is 25.8. The fraction of sp³-hybridized carbons (Fsp3) is 0.833. The molecule has 1 heterocycles. The lowest BCUT2D eigenvalue weighted by Crippen LogP contribution is -2.54. The van der Waals surface area contributed by atoms with Crippen LogP contribution >= 0.6 is 0 Å². The molecular formula is C12H23N3O3. The third-order valence-corrected chi connectivity index (χ3v) is 3.10. The summed E-state index contributed by atoms with van der Waals surface area (Å²) in [6.45, 7) is 5.95. The Balaban J connectivity index is 2.60. The number of rotatable bonds is 4. The van der Waals surface area contributed by atoms with Gasteiger partial charge in [-0.15, -0.1) is 0 Å². The smallest absolute Gasteiger partial charge is 0.249 e. The molecule has 0 bridgehead atoms. The van der Waals surface area contributed by atoms with Crippen molar-refractivity contribution in [3.63, 3.8) is 0 Å². The van der Waals surface area contributed by atoms with Crippen LogP contribution in [0.2, 0.25) is 0 Å². The van der Waals surface area contributed by atoms with Crippen LogP contribution in [0.3, 0.4) is 0 Å². The highest BCUT2D eigenvalue weighted by Gasteiger charge is 2.36. The fourth-order valence-corrected chi connectivity index (χ4v) is 2.02. The van der Waals surface area contributed by atoms with Gasteiger partial charge in [-0.1, -0.05) is 20.8 Å². The van der Waals surface area contributed by atoms with E-state index in [1.165, 1.54) is 0 Å². The molecule has 1 fully saturated rings. The van der Waals surface area contributed by atoms with Crippen molar-refractivity contribution in [1.29, 1.82) is 0 Å². The minimum absolute atomic E-state index is 0.0672. The molecule has 18 heavy (non-hydrogen) atoms. The van der Waals surface area contributed by atoms with E-state index in [2.05, 4.69) is 5.32 Å². The van der Waals surface area contributed by atoms with Crippen LogP contribution in [-0.4, -0.2) is 36.6 Å². The Kier molecular flexibility index (Phi) is 4.70. The van der Waals surface area contributed by atoms with Crippen molar-refractivity contribution < 1.29 is 14.3 Å². The standard InChI is InChI=1S/C12H23N3O3/c1-12(2,3)9(10(14)16)15-11(17)8-5-4-7(6-13)18-8/h7-9H,4-6,13H2,1-3H3,(H2,14,16)(H,15,17)/t7-,8+,9?/m1/s1. The van der Waals surface area contributed by atoms with Crippen molar-refractivity contribution in [2.24, 2.45) is 16.9 Å². The summed E-state index contributed by atoms with van der Waals surface area (Å²) < 4.78 is 5.48. The molecule has 5 N–H and O–H groups in total. The summed E-state index contributed by atoms with van der Waals surface area (Å²) in [5.74, 6) is -0.825. The molecule has 2 amide bonds. The molecule has 1 aliphatic rings. The van der Waals surface area contributed by atoms with E-state index in [4.69, 9.17) is 16.2 Å². The summed E-state index contributed by atoms with van der Waals surface area (Å²) in [6.07, 6.45) is 0.805. The lowest BCUT2D eigenvalue weighted by Gasteiger charge is -2.29. The monoisotopic (exact) mass is 257 g/mol. The van der Waals surface area contributed by atoms with Crippen molar-refractivity contribution in [1.82, 2.24) is 5.32 Å². The van der Waals surface area contributed by atoms with Gasteiger partial charge >= 0.3 is 0 Å². The molecule has 0 saturated carbocycles. The van der Waals surface area contributed by atoms with Gasteiger partial charge in [0.1, 0.15) is 12.1 Å². The summed E-state index contributed by atoms with van der Waals surface area (Å²) in [5, 5.41) is 2.66. The Morgan fingerprint density at radius 1 is 1.39 bits per heavy atom. The number of hydrogen-bond acceptors (Lipinski definition) is 4. The number of hydrogen-bond donors (Lipinski definition) is 3. The number of amides is 2. The lowest BCUT2D eigenvalue weighted by molar-refractivity contribution is -0.136. The fourth-order valence-electron chi connectivity index (χ4n) is 2.02. The predicted octanol–water partition coefficient (Wildman–Crippen LogP) is -0.491. The molecule has 0 aromatic carbocycles. The van der Waals surface area contributed by atoms with E-state index in [0.29, 0.717) is 13.0 Å². The van der Waals surface area contributed by atoms with Gasteiger partial charge in [0, 0.05) is 6.54 Å². The minimum atomic E-state index is -0.703. The SMILES string of the molecule is CC(C)(C)C(NC(=O)[C@@H]1CC[C@H](CN)O1)C(N)=O. The zero-order chi connectivity index (χ0) is 13.9. The number of carbonyl (C=O) groups excluding carboxylic acids is 2. The maximum atomic E-state index is 12.0. The molecule has 0 radical (unpaired) electrons. The van der Waals surface area contributed by atoms with Gasteiger partial charge in [-0.25, -0.2) is 0 Å². The Hall–Kier alpha value is -1.14. The van der Waals surface area contributed by atoms with Crippen LogP contribution in [0, 0.1) is 5.41 Å². The van der Waals surface area contributed by atoms with Gasteiger partial charge in [0.15, 0.2) is 0 Å². The van der Waals surface area contributed by atoms with E-state index >= 15 is 0 Å². The van der Waals surface area contributed by atoms with E-state index in [1.54, 1.807) is 0 Å². The van der Waals surface area contributed by atoms with Gasteiger partial charge in [-0.05, 0) is 18.3 Å². The molecule has 1 aliphatic heterocycles. The quantitative estimate of drug-likeness (QED) is 0.631. The number of carbonyl (C=O) groups is 2. The largest absolute Gasteiger partial charge is 0.368 e. The third kappa shape index (κ3) is 3.68. The number of nitrogens with two attached hydrogens (primary N) is 2. The highest BCUT2D eigenvalue weighted by atomic mass is 16.5. The molecule has 1 saturated heterocycles. The summed E-state index contributed by atoms with van der Waals surface area (Å²) in [4.78, 5) is 23.3. The Morgan fingerprint density at radius 2 is 2.00 bits per heavy atom. The second kappa shape index (κ2) is 5.67. The molecule has 0 aromatic heterocycles. The van der Waals surface area contributed by atoms with Gasteiger partial charge in [0.05, 0.1) is 6.10 Å². The van der Waals surface area contributed by atoms with Crippen LogP contribution in [0.15, 0.2) is 0 Å². The highest BCUT2D eigenvalue weighted by Crippen LogP contribution is 2.22. The predicted molar refractivity (Wildman–Crippen MR) is 67.5 cm³/mol. The summed E-state index contributed by atoms with van der Waals surface area (Å²) in [5.41, 5.74) is 10.4. The van der Waals surface area contributed by atoms with Gasteiger partial charge in [0.25, 0.3) is 0 Å². The Morgan fingerprint density at radius 3 is 2.39 bits per heavy atom. The Labute approximate surface area is 107 Å². The second-order valence-electron chi connectivity index (χ2n) is 5.77. The van der Waals surface area contributed by atoms with E-state index in [1.807, 2.05) is 20.8 Å². The van der Waals surface area contributed by atoms with Gasteiger partial charge < -0.3 is 21.5 Å². The summed E-state index contributed by atoms with van der Waals surface area (Å²) in [6, 6.07) is -0.703. The molecule has 3 atom stereocenters. The van der Waals surface area contributed by atoms with Crippen molar-refractivity contribution >= 4 is 11.8 Å². The molecule has 6 heteroatoms. The molecular weight excluding hydrogens is 234 g/mol. The molecule has 6 nitrogen and oxygen atoms in total. The molecule has 104 valence electrons. The highest BCUT2D eigenvalue weighted by molar-refractivity contribution is 5.89. The van der Waals surface area contributed by atoms with E-state index in [0.717, 1.165) is 6.42 Å². The third-order valence-electron chi connectivity index (χ3n) is 3.10. The first kappa shape index (κ1) is 14.9. The number of primary amides is 1. The van der Waals surface area contributed by atoms with Gasteiger partial charge in [-0.3, -0.25) is 9.59 Å². The Bertz CT molecular complexity index is 325. The minimum Gasteiger partial charge on any atom is -0.368 e. The maximum absolute atomic E-state index is 12.0. The molecule has 0 aromatic rings. The van der Waals surface area contributed by atoms with Crippen LogP contribution in [0.5, 0.6) is 0 Å². The zero-order valence-corrected chi connectivity index (χ0v) is 11.2. The summed E-state index contributed by atoms with van der Waals surface area (Å²) >= 11 is 0. The van der Waals surface area contributed by atoms with E-state index in [9.17, 15) is 9.59 Å². The average Bonchev–Trinajstić information content (AvgIpc) is 2.71. The van der Waals surface area contributed by atoms with Gasteiger partial charge in [-0.2, -0.15) is 0 Å². The topological polar surface area (TPSA) is 107 Å². The van der Waals surface area contributed by atoms with Crippen molar-refractivity contribution in [3.05, 3.63) is 0 Å². The lowest BCUT2D eigenvalue weighted by atomic mass is 9.86. The van der Waals surface area contributed by atoms with Crippen LogP contribution in [0.1, 0.15) is 33.6 Å². The van der Waals surface area contributed by atoms with Crippen molar-refractivity contribution in [2.45, 2.75) is 51.9 Å². The molecule has 0 aliphatic carbocycles. The van der Waals surface area contributed by atoms with Crippen LogP contribution in [0.4, 0.5) is 0 Å². The second-order valence-corrected chi connectivity index (χ2v) is 5.77. The molecule has 0 spiro atoms. The zero-order valence-electron chi connectivity index (χ0n) is 11.2. The van der Waals surface area contributed by atoms with E-state index < -0.39 is 23.5 Å². The first-order chi connectivity index (χ1) is 8.25. The first-order valence-corrected chi connectivity index (χ1v) is 6.21. The number of nitrogens with one attached hydrogen (secondary N) is 1. The molecule has 1 rings (SSSR count). The molecule has 1 unspecified atom stereocenters. The summed E-state index contributed by atoms with van der Waals surface area (Å²) in [7, 11) is 0. The van der Waals surface area contributed by atoms with E-state index in [-0.39, 0.29) is 12.0 Å². The number of ether oxygens (including phenoxy) is 1. The van der Waals surface area contributed by atoms with Crippen LogP contribution in [0.25, 0.3) is 0 Å². The van der Waals surface area contributed by atoms with Crippen LogP contribution in [-0.2, 0) is 14.3 Å².